The molecule has 5 atom stereocenters. The zero-order valence-electron chi connectivity index (χ0n) is 51.3. The highest BCUT2D eigenvalue weighted by atomic mass is 31.2. The molecule has 0 aliphatic carbocycles. The number of rotatable bonds is 59. The predicted molar refractivity (Wildman–Crippen MR) is 334 cm³/mol. The second-order valence-electron chi connectivity index (χ2n) is 20.8. The molecule has 0 amide bonds. The molecule has 16 nitrogen and oxygen atoms in total. The van der Waals surface area contributed by atoms with E-state index in [1.807, 2.05) is 0 Å². The first-order valence-electron chi connectivity index (χ1n) is 31.5. The van der Waals surface area contributed by atoms with Crippen molar-refractivity contribution in [3.05, 3.63) is 97.2 Å². The smallest absolute Gasteiger partial charge is 0.463 e. The number of allylic oxidation sites excluding steroid dienone is 16. The minimum absolute atomic E-state index is 0.0918. The molecular formula is C65H112O16P2. The van der Waals surface area contributed by atoms with E-state index < -0.39 is 91.5 Å². The van der Waals surface area contributed by atoms with Crippen LogP contribution in [0.4, 0.5) is 0 Å². The summed E-state index contributed by atoms with van der Waals surface area (Å²) in [6.07, 6.45) is 62.0. The first-order chi connectivity index (χ1) is 40.2. The molecule has 18 heteroatoms. The van der Waals surface area contributed by atoms with Gasteiger partial charge in [0.05, 0.1) is 26.4 Å². The Labute approximate surface area is 501 Å². The van der Waals surface area contributed by atoms with Gasteiger partial charge >= 0.3 is 33.6 Å². The van der Waals surface area contributed by atoms with E-state index in [9.17, 15) is 43.5 Å². The summed E-state index contributed by atoms with van der Waals surface area (Å²) in [5, 5.41) is 20.5. The number of phosphoric acid groups is 2. The van der Waals surface area contributed by atoms with Gasteiger partial charge in [-0.1, -0.05) is 201 Å². The second-order valence-corrected chi connectivity index (χ2v) is 23.7. The Bertz CT molecular complexity index is 1910. The Hall–Kier alpha value is -3.53. The highest BCUT2D eigenvalue weighted by Gasteiger charge is 2.29. The fourth-order valence-electron chi connectivity index (χ4n) is 7.90. The van der Waals surface area contributed by atoms with Crippen molar-refractivity contribution in [2.24, 2.45) is 0 Å². The molecule has 0 saturated heterocycles. The van der Waals surface area contributed by atoms with Gasteiger partial charge in [-0.25, -0.2) is 9.13 Å². The van der Waals surface area contributed by atoms with Gasteiger partial charge in [-0.2, -0.15) is 0 Å². The summed E-state index contributed by atoms with van der Waals surface area (Å²) in [5.41, 5.74) is 0. The van der Waals surface area contributed by atoms with E-state index in [-0.39, 0.29) is 19.3 Å². The Balaban J connectivity index is 4.57. The predicted octanol–water partition coefficient (Wildman–Crippen LogP) is 16.7. The van der Waals surface area contributed by atoms with Crippen molar-refractivity contribution in [2.75, 3.05) is 39.6 Å². The Morgan fingerprint density at radius 2 is 0.651 bits per heavy atom. The van der Waals surface area contributed by atoms with E-state index in [1.165, 1.54) is 38.5 Å². The van der Waals surface area contributed by atoms with Gasteiger partial charge in [0.1, 0.15) is 25.4 Å². The molecule has 0 aromatic carbocycles. The lowest BCUT2D eigenvalue weighted by Crippen LogP contribution is -2.30. The van der Waals surface area contributed by atoms with Gasteiger partial charge in [0.15, 0.2) is 6.10 Å². The van der Waals surface area contributed by atoms with Crippen molar-refractivity contribution in [1.82, 2.24) is 0 Å². The molecule has 0 heterocycles. The van der Waals surface area contributed by atoms with Crippen LogP contribution >= 0.6 is 15.6 Å². The first-order valence-corrected chi connectivity index (χ1v) is 34.5. The van der Waals surface area contributed by atoms with Crippen LogP contribution in [0.5, 0.6) is 0 Å². The Kier molecular flexibility index (Phi) is 56.3. The van der Waals surface area contributed by atoms with Gasteiger partial charge in [-0.05, 0) is 116 Å². The lowest BCUT2D eigenvalue weighted by molar-refractivity contribution is -0.161. The third-order valence-corrected chi connectivity index (χ3v) is 14.7. The standard InChI is InChI=1S/C65H112O16P2/c1-4-7-10-13-16-19-22-24-25-26-27-28-29-30-31-32-33-35-38-39-42-45-48-51-63(68)75-54-60(66)55-77-82(71,72)78-56-61(67)57-79-83(73,74)80-59-62(81-65(70)53-50-47-44-41-36-21-18-15-12-9-6-3)58-76-64(69)52-49-46-43-40-37-34-23-20-17-14-11-8-5-2/h7,10,15-16,18-20,23-25,27-28,30-31,33,35,60-62,66-67H,4-6,8-9,11-14,17,21-22,26,29,32,34,36-59H2,1-3H3,(H,71,72)(H,73,74)/b10-7-,18-15-,19-16-,23-20-,25-24-,28-27-,31-30-,35-33-. The number of phosphoric ester groups is 2. The molecule has 0 radical (unpaired) electrons. The highest BCUT2D eigenvalue weighted by molar-refractivity contribution is 7.47. The van der Waals surface area contributed by atoms with E-state index in [0.717, 1.165) is 141 Å². The summed E-state index contributed by atoms with van der Waals surface area (Å²) in [7, 11) is -9.77. The number of unbranched alkanes of at least 4 members (excludes halogenated alkanes) is 20. The number of carbonyl (C=O) groups excluding carboxylic acids is 3. The minimum atomic E-state index is -4.92. The van der Waals surface area contributed by atoms with Gasteiger partial charge in [-0.15, -0.1) is 0 Å². The quantitative estimate of drug-likeness (QED) is 0.0146. The van der Waals surface area contributed by atoms with Crippen LogP contribution in [0.25, 0.3) is 0 Å². The van der Waals surface area contributed by atoms with Crippen LogP contribution in [0, 0.1) is 0 Å². The van der Waals surface area contributed by atoms with Crippen LogP contribution < -0.4 is 0 Å². The molecule has 83 heavy (non-hydrogen) atoms. The van der Waals surface area contributed by atoms with Crippen LogP contribution in [0.15, 0.2) is 97.2 Å². The molecule has 0 spiro atoms. The summed E-state index contributed by atoms with van der Waals surface area (Å²) >= 11 is 0. The molecule has 0 aromatic rings. The van der Waals surface area contributed by atoms with Crippen LogP contribution in [0.1, 0.15) is 239 Å². The van der Waals surface area contributed by atoms with Gasteiger partial charge in [0, 0.05) is 19.3 Å². The van der Waals surface area contributed by atoms with Crippen molar-refractivity contribution >= 4 is 33.6 Å². The zero-order chi connectivity index (χ0) is 61.0. The maximum absolute atomic E-state index is 12.8. The molecule has 0 aromatic heterocycles. The van der Waals surface area contributed by atoms with E-state index in [1.54, 1.807) is 0 Å². The van der Waals surface area contributed by atoms with E-state index in [2.05, 4.69) is 118 Å². The number of hydrogen-bond acceptors (Lipinski definition) is 14. The monoisotopic (exact) mass is 1210 g/mol. The molecule has 0 bridgehead atoms. The molecule has 0 fully saturated rings. The van der Waals surface area contributed by atoms with Gasteiger partial charge in [-0.3, -0.25) is 32.5 Å². The van der Waals surface area contributed by atoms with Gasteiger partial charge in [0.2, 0.25) is 0 Å². The molecule has 4 N–H and O–H groups in total. The minimum Gasteiger partial charge on any atom is -0.463 e. The van der Waals surface area contributed by atoms with Crippen molar-refractivity contribution in [3.63, 3.8) is 0 Å². The van der Waals surface area contributed by atoms with Crippen molar-refractivity contribution in [1.29, 1.82) is 0 Å². The average Bonchev–Trinajstić information content (AvgIpc) is 3.46. The van der Waals surface area contributed by atoms with E-state index in [0.29, 0.717) is 19.3 Å². The summed E-state index contributed by atoms with van der Waals surface area (Å²) in [6.45, 7) is 2.42. The summed E-state index contributed by atoms with van der Waals surface area (Å²) < 4.78 is 60.6. The summed E-state index contributed by atoms with van der Waals surface area (Å²) in [5.74, 6) is -1.62. The number of aliphatic hydroxyl groups excluding tert-OH is 2. The number of aliphatic hydroxyl groups is 2. The van der Waals surface area contributed by atoms with Gasteiger partial charge in [0.25, 0.3) is 0 Å². The zero-order valence-corrected chi connectivity index (χ0v) is 53.1. The van der Waals surface area contributed by atoms with Crippen LogP contribution in [-0.2, 0) is 55.8 Å². The number of hydrogen-bond donors (Lipinski definition) is 4. The topological polar surface area (TPSA) is 231 Å². The maximum Gasteiger partial charge on any atom is 0.472 e. The van der Waals surface area contributed by atoms with Crippen LogP contribution in [0.3, 0.4) is 0 Å². The molecule has 478 valence electrons. The normalized spacial score (nSPS) is 15.0. The summed E-state index contributed by atoms with van der Waals surface area (Å²) in [4.78, 5) is 58.1. The molecule has 0 aliphatic rings. The molecule has 0 aliphatic heterocycles. The summed E-state index contributed by atoms with van der Waals surface area (Å²) in [6, 6.07) is 0. The number of ether oxygens (including phenoxy) is 3. The fraction of sp³-hybridized carbons (Fsp3) is 0.708. The van der Waals surface area contributed by atoms with Crippen LogP contribution in [0.2, 0.25) is 0 Å². The molecular weight excluding hydrogens is 1100 g/mol. The fourth-order valence-corrected chi connectivity index (χ4v) is 9.48. The van der Waals surface area contributed by atoms with Crippen molar-refractivity contribution in [2.45, 2.75) is 257 Å². The Morgan fingerprint density at radius 3 is 1.06 bits per heavy atom. The Morgan fingerprint density at radius 1 is 0.349 bits per heavy atom. The third kappa shape index (κ3) is 60.0. The van der Waals surface area contributed by atoms with Crippen molar-refractivity contribution in [3.8, 4) is 0 Å². The average molecular weight is 1210 g/mol. The molecule has 5 unspecified atom stereocenters. The van der Waals surface area contributed by atoms with Gasteiger partial charge < -0.3 is 34.2 Å². The highest BCUT2D eigenvalue weighted by Crippen LogP contribution is 2.45. The second kappa shape index (κ2) is 58.8. The lowest BCUT2D eigenvalue weighted by atomic mass is 10.1. The maximum atomic E-state index is 12.8. The SMILES string of the molecule is CC/C=C\C/C=C\C/C=C\C/C=C\C/C=C\C/C=C\CCCCCCC(=O)OCC(O)COP(=O)(O)OCC(O)COP(=O)(O)OCC(COC(=O)CCCCCCC/C=C\CCCCCC)OC(=O)CCCCCCC/C=C\CCCC. The van der Waals surface area contributed by atoms with Crippen molar-refractivity contribution < 1.29 is 75.8 Å². The lowest BCUT2D eigenvalue weighted by Gasteiger charge is -2.21. The van der Waals surface area contributed by atoms with E-state index in [4.69, 9.17) is 32.3 Å². The van der Waals surface area contributed by atoms with E-state index >= 15 is 0 Å². The third-order valence-electron chi connectivity index (χ3n) is 12.8. The largest absolute Gasteiger partial charge is 0.472 e. The molecule has 0 rings (SSSR count). The first kappa shape index (κ1) is 79.5. The number of esters is 3. The number of carbonyl (C=O) groups is 3. The molecule has 0 saturated carbocycles. The van der Waals surface area contributed by atoms with Crippen LogP contribution in [-0.4, -0.2) is 95.9 Å².